The highest BCUT2D eigenvalue weighted by Gasteiger charge is 2.33. The summed E-state index contributed by atoms with van der Waals surface area (Å²) in [4.78, 5) is 2.57. The summed E-state index contributed by atoms with van der Waals surface area (Å²) < 4.78 is 5.22. The second kappa shape index (κ2) is 6.83. The van der Waals surface area contributed by atoms with Crippen LogP contribution in [0.5, 0.6) is 5.75 Å². The van der Waals surface area contributed by atoms with Gasteiger partial charge in [0.25, 0.3) is 0 Å². The lowest BCUT2D eigenvalue weighted by Crippen LogP contribution is -2.57. The Morgan fingerprint density at radius 2 is 2.10 bits per heavy atom. The van der Waals surface area contributed by atoms with Crippen LogP contribution in [0.15, 0.2) is 24.3 Å². The van der Waals surface area contributed by atoms with E-state index < -0.39 is 0 Å². The van der Waals surface area contributed by atoms with E-state index in [1.54, 1.807) is 7.11 Å². The maximum absolute atomic E-state index is 6.11. The summed E-state index contributed by atoms with van der Waals surface area (Å²) in [6.45, 7) is 7.56. The molecule has 0 amide bonds. The monoisotopic (exact) mass is 294 g/mol. The van der Waals surface area contributed by atoms with Crippen molar-refractivity contribution in [3.8, 4) is 5.75 Å². The Balaban J connectivity index is 2.09. The lowest BCUT2D eigenvalue weighted by molar-refractivity contribution is 0.116. The number of nitrogens with two attached hydrogens (primary N) is 1. The lowest BCUT2D eigenvalue weighted by Gasteiger charge is -2.44. The predicted molar refractivity (Wildman–Crippen MR) is 87.7 cm³/mol. The molecule has 0 aliphatic carbocycles. The van der Waals surface area contributed by atoms with Crippen molar-refractivity contribution in [1.29, 1.82) is 0 Å². The summed E-state index contributed by atoms with van der Waals surface area (Å²) in [6, 6.07) is 8.35. The third-order valence-corrected chi connectivity index (χ3v) is 5.32. The normalized spacial score (nSPS) is 23.3. The Hall–Kier alpha value is -0.710. The predicted octanol–water partition coefficient (Wildman–Crippen LogP) is 2.39. The zero-order valence-corrected chi connectivity index (χ0v) is 13.6. The molecule has 20 heavy (non-hydrogen) atoms. The topological polar surface area (TPSA) is 38.5 Å². The number of methoxy groups -OCH3 is 1. The van der Waals surface area contributed by atoms with E-state index in [-0.39, 0.29) is 5.54 Å². The molecule has 112 valence electrons. The highest BCUT2D eigenvalue weighted by molar-refractivity contribution is 7.99. The van der Waals surface area contributed by atoms with E-state index in [0.717, 1.165) is 25.3 Å². The molecule has 2 N–H and O–H groups in total. The maximum atomic E-state index is 6.11. The van der Waals surface area contributed by atoms with Crippen LogP contribution in [0.3, 0.4) is 0 Å². The van der Waals surface area contributed by atoms with E-state index in [1.165, 1.54) is 11.3 Å². The molecule has 0 radical (unpaired) electrons. The number of hydrogen-bond donors (Lipinski definition) is 1. The van der Waals surface area contributed by atoms with E-state index in [4.69, 9.17) is 10.5 Å². The molecule has 2 rings (SSSR count). The van der Waals surface area contributed by atoms with Crippen molar-refractivity contribution in [3.05, 3.63) is 29.8 Å². The minimum absolute atomic E-state index is 0.0455. The third kappa shape index (κ3) is 3.68. The quantitative estimate of drug-likeness (QED) is 0.905. The fourth-order valence-corrected chi connectivity index (χ4v) is 3.82. The molecule has 0 spiro atoms. The summed E-state index contributed by atoms with van der Waals surface area (Å²) in [7, 11) is 1.70. The molecule has 0 saturated carbocycles. The molecular formula is C16H26N2OS. The Kier molecular flexibility index (Phi) is 5.35. The number of rotatable bonds is 5. The first-order valence-corrected chi connectivity index (χ1v) is 8.32. The van der Waals surface area contributed by atoms with Crippen LogP contribution in [0, 0.1) is 0 Å². The summed E-state index contributed by atoms with van der Waals surface area (Å²) >= 11 is 2.06. The van der Waals surface area contributed by atoms with E-state index >= 15 is 0 Å². The van der Waals surface area contributed by atoms with Gasteiger partial charge in [-0.05, 0) is 31.0 Å². The number of nitrogens with zero attached hydrogens (tertiary/aromatic N) is 1. The molecule has 1 aliphatic heterocycles. The number of ether oxygens (including phenoxy) is 1. The molecule has 1 saturated heterocycles. The molecule has 1 fully saturated rings. The van der Waals surface area contributed by atoms with Crippen LogP contribution in [0.1, 0.15) is 19.4 Å². The van der Waals surface area contributed by atoms with Gasteiger partial charge in [-0.25, -0.2) is 0 Å². The highest BCUT2D eigenvalue weighted by Crippen LogP contribution is 2.27. The van der Waals surface area contributed by atoms with Crippen molar-refractivity contribution in [1.82, 2.24) is 4.90 Å². The van der Waals surface area contributed by atoms with Gasteiger partial charge in [-0.1, -0.05) is 19.1 Å². The molecule has 0 aromatic heterocycles. The Labute approximate surface area is 126 Å². The van der Waals surface area contributed by atoms with Crippen LogP contribution in [-0.2, 0) is 6.42 Å². The standard InChI is InChI=1S/C16H26N2OS/c1-13-11-18(8-9-20-13)16(2,12-17)10-14-4-6-15(19-3)7-5-14/h4-7,13H,8-12,17H2,1-3H3. The van der Waals surface area contributed by atoms with Crippen molar-refractivity contribution in [2.24, 2.45) is 5.73 Å². The van der Waals surface area contributed by atoms with Crippen LogP contribution in [0.2, 0.25) is 0 Å². The maximum Gasteiger partial charge on any atom is 0.118 e. The fraction of sp³-hybridized carbons (Fsp3) is 0.625. The molecule has 1 aromatic rings. The summed E-state index contributed by atoms with van der Waals surface area (Å²) in [5.74, 6) is 2.12. The number of hydrogen-bond acceptors (Lipinski definition) is 4. The molecule has 0 bridgehead atoms. The fourth-order valence-electron chi connectivity index (χ4n) is 2.80. The van der Waals surface area contributed by atoms with Crippen molar-refractivity contribution in [2.75, 3.05) is 32.5 Å². The van der Waals surface area contributed by atoms with Crippen molar-refractivity contribution < 1.29 is 4.74 Å². The van der Waals surface area contributed by atoms with Crippen molar-refractivity contribution >= 4 is 11.8 Å². The summed E-state index contributed by atoms with van der Waals surface area (Å²) in [5.41, 5.74) is 7.48. The van der Waals surface area contributed by atoms with Crippen LogP contribution in [0.4, 0.5) is 0 Å². The van der Waals surface area contributed by atoms with Gasteiger partial charge in [0.1, 0.15) is 5.75 Å². The third-order valence-electron chi connectivity index (χ3n) is 4.19. The average Bonchev–Trinajstić information content (AvgIpc) is 2.48. The summed E-state index contributed by atoms with van der Waals surface area (Å²) in [5, 5.41) is 0.700. The van der Waals surface area contributed by atoms with Gasteiger partial charge in [-0.2, -0.15) is 11.8 Å². The lowest BCUT2D eigenvalue weighted by atomic mass is 9.90. The van der Waals surface area contributed by atoms with Crippen LogP contribution in [0.25, 0.3) is 0 Å². The molecule has 3 nitrogen and oxygen atoms in total. The van der Waals surface area contributed by atoms with Crippen LogP contribution in [-0.4, -0.2) is 48.2 Å². The van der Waals surface area contributed by atoms with Gasteiger partial charge in [-0.3, -0.25) is 4.90 Å². The van der Waals surface area contributed by atoms with E-state index in [0.29, 0.717) is 11.8 Å². The van der Waals surface area contributed by atoms with Gasteiger partial charge < -0.3 is 10.5 Å². The van der Waals surface area contributed by atoms with Crippen molar-refractivity contribution in [2.45, 2.75) is 31.1 Å². The Morgan fingerprint density at radius 1 is 1.40 bits per heavy atom. The smallest absolute Gasteiger partial charge is 0.118 e. The van der Waals surface area contributed by atoms with Crippen LogP contribution >= 0.6 is 11.8 Å². The number of benzene rings is 1. The van der Waals surface area contributed by atoms with Gasteiger partial charge in [0.2, 0.25) is 0 Å². The second-order valence-corrected chi connectivity index (χ2v) is 7.40. The van der Waals surface area contributed by atoms with Gasteiger partial charge in [0.05, 0.1) is 7.11 Å². The molecule has 1 aromatic carbocycles. The second-order valence-electron chi connectivity index (χ2n) is 5.85. The van der Waals surface area contributed by atoms with Gasteiger partial charge in [-0.15, -0.1) is 0 Å². The minimum Gasteiger partial charge on any atom is -0.497 e. The first-order valence-electron chi connectivity index (χ1n) is 7.27. The largest absolute Gasteiger partial charge is 0.497 e. The minimum atomic E-state index is 0.0455. The first kappa shape index (κ1) is 15.7. The molecule has 1 heterocycles. The van der Waals surface area contributed by atoms with Gasteiger partial charge >= 0.3 is 0 Å². The highest BCUT2D eigenvalue weighted by atomic mass is 32.2. The SMILES string of the molecule is COc1ccc(CC(C)(CN)N2CCSC(C)C2)cc1. The average molecular weight is 294 g/mol. The van der Waals surface area contributed by atoms with E-state index in [9.17, 15) is 0 Å². The number of thioether (sulfide) groups is 1. The van der Waals surface area contributed by atoms with Gasteiger partial charge in [0.15, 0.2) is 0 Å². The molecular weight excluding hydrogens is 268 g/mol. The summed E-state index contributed by atoms with van der Waals surface area (Å²) in [6.07, 6.45) is 0.991. The Bertz CT molecular complexity index is 423. The molecule has 2 unspecified atom stereocenters. The first-order chi connectivity index (χ1) is 9.57. The van der Waals surface area contributed by atoms with E-state index in [1.807, 2.05) is 12.1 Å². The zero-order chi connectivity index (χ0) is 14.6. The van der Waals surface area contributed by atoms with E-state index in [2.05, 4.69) is 42.6 Å². The molecule has 4 heteroatoms. The van der Waals surface area contributed by atoms with Gasteiger partial charge in [0, 0.05) is 36.2 Å². The molecule has 1 aliphatic rings. The zero-order valence-electron chi connectivity index (χ0n) is 12.8. The van der Waals surface area contributed by atoms with Crippen LogP contribution < -0.4 is 10.5 Å². The Morgan fingerprint density at radius 3 is 2.65 bits per heavy atom. The van der Waals surface area contributed by atoms with Crippen molar-refractivity contribution in [3.63, 3.8) is 0 Å². The molecule has 2 atom stereocenters.